The van der Waals surface area contributed by atoms with E-state index in [2.05, 4.69) is 25.2 Å². The van der Waals surface area contributed by atoms with E-state index in [1.54, 1.807) is 36.1 Å². The predicted molar refractivity (Wildman–Crippen MR) is 95.4 cm³/mol. The fourth-order valence-electron chi connectivity index (χ4n) is 2.67. The number of aromatic nitrogens is 3. The van der Waals surface area contributed by atoms with Crippen LogP contribution >= 0.6 is 0 Å². The van der Waals surface area contributed by atoms with E-state index in [0.29, 0.717) is 43.5 Å². The van der Waals surface area contributed by atoms with Gasteiger partial charge in [0.1, 0.15) is 0 Å². The van der Waals surface area contributed by atoms with Gasteiger partial charge in [0.25, 0.3) is 0 Å². The van der Waals surface area contributed by atoms with Gasteiger partial charge in [0.15, 0.2) is 5.82 Å². The van der Waals surface area contributed by atoms with E-state index in [0.717, 1.165) is 5.69 Å². The summed E-state index contributed by atoms with van der Waals surface area (Å²) in [4.78, 5) is 31.2. The van der Waals surface area contributed by atoms with Gasteiger partial charge in [0.2, 0.25) is 11.9 Å². The van der Waals surface area contributed by atoms with Crippen LogP contribution in [0.15, 0.2) is 30.5 Å². The van der Waals surface area contributed by atoms with Crippen molar-refractivity contribution in [2.45, 2.75) is 6.92 Å². The minimum Gasteiger partial charge on any atom is -0.465 e. The smallest absolute Gasteiger partial charge is 0.337 e. The van der Waals surface area contributed by atoms with E-state index in [9.17, 15) is 9.59 Å². The molecule has 1 amide bonds. The largest absolute Gasteiger partial charge is 0.465 e. The number of nitrogens with one attached hydrogen (secondary N) is 1. The van der Waals surface area contributed by atoms with Gasteiger partial charge in [-0.05, 0) is 24.3 Å². The number of rotatable bonds is 4. The van der Waals surface area contributed by atoms with Crippen LogP contribution in [0.1, 0.15) is 17.3 Å². The minimum atomic E-state index is -0.382. The van der Waals surface area contributed by atoms with Gasteiger partial charge in [-0.1, -0.05) is 0 Å². The third kappa shape index (κ3) is 4.05. The number of carbonyl (C=O) groups is 2. The summed E-state index contributed by atoms with van der Waals surface area (Å²) in [7, 11) is 1.35. The van der Waals surface area contributed by atoms with Gasteiger partial charge in [-0.3, -0.25) is 4.79 Å². The molecule has 0 aliphatic carbocycles. The van der Waals surface area contributed by atoms with E-state index in [4.69, 9.17) is 0 Å². The number of nitrogens with zero attached hydrogens (tertiary/aromatic N) is 5. The van der Waals surface area contributed by atoms with Crippen molar-refractivity contribution in [1.82, 2.24) is 20.1 Å². The van der Waals surface area contributed by atoms with Crippen LogP contribution in [0, 0.1) is 0 Å². The van der Waals surface area contributed by atoms with Crippen LogP contribution in [0.5, 0.6) is 0 Å². The van der Waals surface area contributed by atoms with Crippen LogP contribution in [0.4, 0.5) is 17.5 Å². The Bertz CT molecular complexity index is 787. The molecule has 0 radical (unpaired) electrons. The van der Waals surface area contributed by atoms with Crippen molar-refractivity contribution in [1.29, 1.82) is 0 Å². The predicted octanol–water partition coefficient (Wildman–Crippen LogP) is 1.07. The van der Waals surface area contributed by atoms with Crippen LogP contribution < -0.4 is 10.2 Å². The number of amides is 1. The lowest BCUT2D eigenvalue weighted by molar-refractivity contribution is -0.129. The van der Waals surface area contributed by atoms with Crippen LogP contribution in [0.2, 0.25) is 0 Å². The van der Waals surface area contributed by atoms with Crippen LogP contribution in [-0.4, -0.2) is 65.2 Å². The molecule has 0 atom stereocenters. The Hall–Kier alpha value is -3.23. The molecule has 1 aliphatic rings. The third-order valence-electron chi connectivity index (χ3n) is 4.13. The summed E-state index contributed by atoms with van der Waals surface area (Å²) in [5, 5.41) is 11.2. The van der Waals surface area contributed by atoms with Crippen molar-refractivity contribution in [2.24, 2.45) is 0 Å². The summed E-state index contributed by atoms with van der Waals surface area (Å²) in [5.74, 6) is 0.765. The highest BCUT2D eigenvalue weighted by Gasteiger charge is 2.20. The number of ether oxygens (including phenoxy) is 1. The van der Waals surface area contributed by atoms with E-state index in [1.165, 1.54) is 13.3 Å². The maximum Gasteiger partial charge on any atom is 0.337 e. The van der Waals surface area contributed by atoms with Crippen molar-refractivity contribution in [3.05, 3.63) is 36.0 Å². The number of methoxy groups -OCH3 is 1. The molecule has 1 aromatic heterocycles. The molecule has 0 unspecified atom stereocenters. The Morgan fingerprint density at radius 1 is 1.12 bits per heavy atom. The summed E-state index contributed by atoms with van der Waals surface area (Å²) in [6.45, 7) is 4.19. The van der Waals surface area contributed by atoms with Crippen LogP contribution in [0.25, 0.3) is 0 Å². The summed E-state index contributed by atoms with van der Waals surface area (Å²) in [5.41, 5.74) is 1.24. The molecule has 9 nitrogen and oxygen atoms in total. The highest BCUT2D eigenvalue weighted by Crippen LogP contribution is 2.17. The zero-order chi connectivity index (χ0) is 18.5. The van der Waals surface area contributed by atoms with E-state index in [1.807, 2.05) is 4.90 Å². The Balaban J connectivity index is 1.66. The van der Waals surface area contributed by atoms with Gasteiger partial charge in [-0.2, -0.15) is 10.1 Å². The molecule has 1 N–H and O–H groups in total. The van der Waals surface area contributed by atoms with Crippen molar-refractivity contribution in [3.63, 3.8) is 0 Å². The first kappa shape index (κ1) is 17.6. The number of benzene rings is 1. The van der Waals surface area contributed by atoms with Crippen molar-refractivity contribution in [3.8, 4) is 0 Å². The second-order valence-electron chi connectivity index (χ2n) is 5.83. The highest BCUT2D eigenvalue weighted by molar-refractivity contribution is 5.89. The quantitative estimate of drug-likeness (QED) is 0.812. The normalized spacial score (nSPS) is 14.1. The zero-order valence-electron chi connectivity index (χ0n) is 14.7. The maximum absolute atomic E-state index is 11.5. The second-order valence-corrected chi connectivity index (χ2v) is 5.83. The summed E-state index contributed by atoms with van der Waals surface area (Å²) in [6, 6.07) is 6.87. The van der Waals surface area contributed by atoms with Gasteiger partial charge >= 0.3 is 5.97 Å². The summed E-state index contributed by atoms with van der Waals surface area (Å²) >= 11 is 0. The molecule has 9 heteroatoms. The van der Waals surface area contributed by atoms with Crippen molar-refractivity contribution >= 4 is 29.3 Å². The molecule has 26 heavy (non-hydrogen) atoms. The molecule has 2 aromatic rings. The molecule has 3 rings (SSSR count). The first-order valence-electron chi connectivity index (χ1n) is 8.22. The first-order chi connectivity index (χ1) is 12.6. The fourth-order valence-corrected chi connectivity index (χ4v) is 2.67. The molecule has 136 valence electrons. The molecule has 1 aliphatic heterocycles. The molecular formula is C17H20N6O3. The summed E-state index contributed by atoms with van der Waals surface area (Å²) < 4.78 is 4.68. The Morgan fingerprint density at radius 2 is 1.81 bits per heavy atom. The molecule has 1 fully saturated rings. The number of hydrogen-bond acceptors (Lipinski definition) is 8. The van der Waals surface area contributed by atoms with Gasteiger partial charge in [0, 0.05) is 38.8 Å². The number of piperazine rings is 1. The SMILES string of the molecule is COC(=O)c1ccc(Nc2cnnc(N3CCN(C(C)=O)CC3)n2)cc1. The molecule has 1 saturated heterocycles. The molecule has 1 aromatic carbocycles. The average Bonchev–Trinajstić information content (AvgIpc) is 2.68. The number of anilines is 3. The first-order valence-corrected chi connectivity index (χ1v) is 8.22. The lowest BCUT2D eigenvalue weighted by Crippen LogP contribution is -2.48. The average molecular weight is 356 g/mol. The summed E-state index contributed by atoms with van der Waals surface area (Å²) in [6.07, 6.45) is 1.53. The molecule has 2 heterocycles. The van der Waals surface area contributed by atoms with Gasteiger partial charge in [-0.15, -0.1) is 5.10 Å². The Morgan fingerprint density at radius 3 is 2.42 bits per heavy atom. The van der Waals surface area contributed by atoms with Gasteiger partial charge in [0.05, 0.1) is 18.9 Å². The lowest BCUT2D eigenvalue weighted by Gasteiger charge is -2.33. The van der Waals surface area contributed by atoms with Gasteiger partial charge in [-0.25, -0.2) is 4.79 Å². The third-order valence-corrected chi connectivity index (χ3v) is 4.13. The molecule has 0 spiro atoms. The maximum atomic E-state index is 11.5. The van der Waals surface area contributed by atoms with Gasteiger partial charge < -0.3 is 19.9 Å². The van der Waals surface area contributed by atoms with Crippen molar-refractivity contribution in [2.75, 3.05) is 43.5 Å². The minimum absolute atomic E-state index is 0.0783. The van der Waals surface area contributed by atoms with Crippen LogP contribution in [-0.2, 0) is 9.53 Å². The monoisotopic (exact) mass is 356 g/mol. The lowest BCUT2D eigenvalue weighted by atomic mass is 10.2. The second kappa shape index (κ2) is 7.77. The standard InChI is InChI=1S/C17H20N6O3/c1-12(24)22-7-9-23(10-8-22)17-20-15(11-18-21-17)19-14-5-3-13(4-6-14)16(25)26-2/h3-6,11H,7-10H2,1-2H3,(H,19,20,21). The van der Waals surface area contributed by atoms with Crippen molar-refractivity contribution < 1.29 is 14.3 Å². The Labute approximate surface area is 151 Å². The topological polar surface area (TPSA) is 101 Å². The van der Waals surface area contributed by atoms with E-state index in [-0.39, 0.29) is 11.9 Å². The molecular weight excluding hydrogens is 336 g/mol. The van der Waals surface area contributed by atoms with E-state index < -0.39 is 0 Å². The number of carbonyl (C=O) groups excluding carboxylic acids is 2. The van der Waals surface area contributed by atoms with Crippen LogP contribution in [0.3, 0.4) is 0 Å². The highest BCUT2D eigenvalue weighted by atomic mass is 16.5. The molecule has 0 saturated carbocycles. The Kier molecular flexibility index (Phi) is 5.26. The van der Waals surface area contributed by atoms with E-state index >= 15 is 0 Å². The number of hydrogen-bond donors (Lipinski definition) is 1. The molecule has 0 bridgehead atoms. The fraction of sp³-hybridized carbons (Fsp3) is 0.353. The number of esters is 1. The zero-order valence-corrected chi connectivity index (χ0v) is 14.7.